The van der Waals surface area contributed by atoms with Crippen molar-refractivity contribution in [2.75, 3.05) is 43.4 Å². The summed E-state index contributed by atoms with van der Waals surface area (Å²) in [6.45, 7) is 4.65. The molecular weight excluding hydrogens is 452 g/mol. The van der Waals surface area contributed by atoms with Crippen LogP contribution in [0.5, 0.6) is 0 Å². The number of anilines is 2. The molecule has 1 aliphatic heterocycles. The lowest BCUT2D eigenvalue weighted by Crippen LogP contribution is -2.44. The molecule has 9 heteroatoms. The van der Waals surface area contributed by atoms with Gasteiger partial charge in [-0.25, -0.2) is 4.31 Å². The van der Waals surface area contributed by atoms with E-state index in [1.54, 1.807) is 37.3 Å². The van der Waals surface area contributed by atoms with Gasteiger partial charge in [0.05, 0.1) is 16.9 Å². The number of likely N-dealkylation sites (tertiary alicyclic amines) is 1. The lowest BCUT2D eigenvalue weighted by molar-refractivity contribution is -0.114. The Morgan fingerprint density at radius 1 is 0.971 bits per heavy atom. The molecule has 0 aliphatic carbocycles. The van der Waals surface area contributed by atoms with Gasteiger partial charge in [0.1, 0.15) is 6.54 Å². The summed E-state index contributed by atoms with van der Waals surface area (Å²) in [5.74, 6) is -0.646. The minimum absolute atomic E-state index is 0.120. The molecule has 2 aromatic rings. The Balaban J connectivity index is 1.87. The summed E-state index contributed by atoms with van der Waals surface area (Å²) >= 11 is 0. The first-order chi connectivity index (χ1) is 16.1. The van der Waals surface area contributed by atoms with Crippen molar-refractivity contribution in [1.82, 2.24) is 9.21 Å². The Hall–Kier alpha value is -2.91. The van der Waals surface area contributed by atoms with Crippen LogP contribution >= 0.6 is 0 Å². The molecule has 184 valence electrons. The van der Waals surface area contributed by atoms with Gasteiger partial charge in [0.15, 0.2) is 0 Å². The maximum absolute atomic E-state index is 13.2. The van der Waals surface area contributed by atoms with Gasteiger partial charge < -0.3 is 10.2 Å². The third kappa shape index (κ3) is 5.95. The zero-order valence-corrected chi connectivity index (χ0v) is 21.2. The average Bonchev–Trinajstić information content (AvgIpc) is 3.08. The maximum atomic E-state index is 13.2. The molecule has 1 fully saturated rings. The van der Waals surface area contributed by atoms with Crippen molar-refractivity contribution in [3.63, 3.8) is 0 Å². The second-order valence-corrected chi connectivity index (χ2v) is 11.0. The Bertz CT molecular complexity index is 1140. The SMILES string of the molecule is Cc1ccc(C)c(N(CC(=O)Nc2ccccc2C(=O)N2CCCCCC2)S(=O)(=O)N(C)C)c1. The van der Waals surface area contributed by atoms with Gasteiger partial charge in [-0.15, -0.1) is 0 Å². The highest BCUT2D eigenvalue weighted by atomic mass is 32.2. The van der Waals surface area contributed by atoms with Gasteiger partial charge in [-0.3, -0.25) is 9.59 Å². The van der Waals surface area contributed by atoms with Crippen molar-refractivity contribution in [3.05, 3.63) is 59.2 Å². The molecule has 1 heterocycles. The van der Waals surface area contributed by atoms with E-state index in [0.29, 0.717) is 30.0 Å². The van der Waals surface area contributed by atoms with Crippen LogP contribution in [0.25, 0.3) is 0 Å². The van der Waals surface area contributed by atoms with Gasteiger partial charge >= 0.3 is 10.2 Å². The van der Waals surface area contributed by atoms with Crippen molar-refractivity contribution in [1.29, 1.82) is 0 Å². The molecule has 8 nitrogen and oxygen atoms in total. The zero-order valence-electron chi connectivity index (χ0n) is 20.4. The Labute approximate surface area is 202 Å². The molecule has 3 rings (SSSR count). The summed E-state index contributed by atoms with van der Waals surface area (Å²) in [5.41, 5.74) is 2.85. The minimum atomic E-state index is -3.94. The van der Waals surface area contributed by atoms with Crippen LogP contribution < -0.4 is 9.62 Å². The summed E-state index contributed by atoms with van der Waals surface area (Å²) in [7, 11) is -1.07. The highest BCUT2D eigenvalue weighted by Crippen LogP contribution is 2.26. The first-order valence-electron chi connectivity index (χ1n) is 11.6. The molecule has 1 saturated heterocycles. The van der Waals surface area contributed by atoms with E-state index in [1.807, 2.05) is 24.0 Å². The molecule has 0 spiro atoms. The summed E-state index contributed by atoms with van der Waals surface area (Å²) in [5, 5.41) is 2.78. The monoisotopic (exact) mass is 486 g/mol. The molecule has 0 aromatic heterocycles. The first-order valence-corrected chi connectivity index (χ1v) is 13.0. The lowest BCUT2D eigenvalue weighted by atomic mass is 10.1. The van der Waals surface area contributed by atoms with Crippen molar-refractivity contribution in [3.8, 4) is 0 Å². The van der Waals surface area contributed by atoms with Crippen molar-refractivity contribution >= 4 is 33.4 Å². The van der Waals surface area contributed by atoms with E-state index in [2.05, 4.69) is 5.32 Å². The van der Waals surface area contributed by atoms with Crippen LogP contribution in [0.3, 0.4) is 0 Å². The van der Waals surface area contributed by atoms with Gasteiger partial charge in [-0.2, -0.15) is 12.7 Å². The number of nitrogens with one attached hydrogen (secondary N) is 1. The predicted molar refractivity (Wildman–Crippen MR) is 135 cm³/mol. The van der Waals surface area contributed by atoms with Crippen LogP contribution in [0.15, 0.2) is 42.5 Å². The van der Waals surface area contributed by atoms with E-state index in [1.165, 1.54) is 14.1 Å². The molecule has 2 aromatic carbocycles. The summed E-state index contributed by atoms with van der Waals surface area (Å²) in [4.78, 5) is 28.1. The highest BCUT2D eigenvalue weighted by Gasteiger charge is 2.29. The molecule has 0 unspecified atom stereocenters. The van der Waals surface area contributed by atoms with Gasteiger partial charge in [0.2, 0.25) is 5.91 Å². The number of amides is 2. The number of para-hydroxylation sites is 1. The predicted octanol–water partition coefficient (Wildman–Crippen LogP) is 3.57. The standard InChI is InChI=1S/C25H34N4O4S/c1-19-13-14-20(2)23(17-19)29(34(32,33)27(3)4)18-24(30)26-22-12-8-7-11-21(22)25(31)28-15-9-5-6-10-16-28/h7-8,11-14,17H,5-6,9-10,15-16,18H2,1-4H3,(H,26,30). The van der Waals surface area contributed by atoms with E-state index in [0.717, 1.165) is 45.4 Å². The van der Waals surface area contributed by atoms with Crippen molar-refractivity contribution < 1.29 is 18.0 Å². The minimum Gasteiger partial charge on any atom is -0.339 e. The van der Waals surface area contributed by atoms with Gasteiger partial charge in [0.25, 0.3) is 5.91 Å². The Kier molecular flexibility index (Phi) is 8.33. The fraction of sp³-hybridized carbons (Fsp3) is 0.440. The van der Waals surface area contributed by atoms with Crippen LogP contribution in [-0.4, -0.2) is 63.2 Å². The number of hydrogen-bond donors (Lipinski definition) is 1. The maximum Gasteiger partial charge on any atom is 0.304 e. The van der Waals surface area contributed by atoms with E-state index >= 15 is 0 Å². The second-order valence-electron chi connectivity index (χ2n) is 8.89. The van der Waals surface area contributed by atoms with E-state index in [-0.39, 0.29) is 5.91 Å². The molecule has 0 radical (unpaired) electrons. The molecule has 1 aliphatic rings. The average molecular weight is 487 g/mol. The molecule has 1 N–H and O–H groups in total. The third-order valence-corrected chi connectivity index (χ3v) is 7.79. The fourth-order valence-corrected chi connectivity index (χ4v) is 5.14. The highest BCUT2D eigenvalue weighted by molar-refractivity contribution is 7.90. The number of aryl methyl sites for hydroxylation is 2. The first kappa shape index (κ1) is 25.7. The quantitative estimate of drug-likeness (QED) is 0.648. The largest absolute Gasteiger partial charge is 0.339 e. The molecule has 0 saturated carbocycles. The smallest absolute Gasteiger partial charge is 0.304 e. The Morgan fingerprint density at radius 3 is 2.26 bits per heavy atom. The number of hydrogen-bond acceptors (Lipinski definition) is 4. The summed E-state index contributed by atoms with van der Waals surface area (Å²) in [6.07, 6.45) is 4.15. The molecular formula is C25H34N4O4S. The molecule has 2 amide bonds. The second kappa shape index (κ2) is 11.0. The van der Waals surface area contributed by atoms with Crippen LogP contribution in [0, 0.1) is 13.8 Å². The van der Waals surface area contributed by atoms with Crippen LogP contribution in [0.2, 0.25) is 0 Å². The number of carbonyl (C=O) groups excluding carboxylic acids is 2. The van der Waals surface area contributed by atoms with Crippen LogP contribution in [0.1, 0.15) is 47.2 Å². The van der Waals surface area contributed by atoms with E-state index < -0.39 is 22.7 Å². The molecule has 0 atom stereocenters. The van der Waals surface area contributed by atoms with Gasteiger partial charge in [-0.1, -0.05) is 37.1 Å². The van der Waals surface area contributed by atoms with Crippen molar-refractivity contribution in [2.24, 2.45) is 0 Å². The normalized spacial score (nSPS) is 14.6. The van der Waals surface area contributed by atoms with Crippen LogP contribution in [0.4, 0.5) is 11.4 Å². The lowest BCUT2D eigenvalue weighted by Gasteiger charge is -2.28. The van der Waals surface area contributed by atoms with Crippen molar-refractivity contribution in [2.45, 2.75) is 39.5 Å². The number of carbonyl (C=O) groups is 2. The number of benzene rings is 2. The molecule has 0 bridgehead atoms. The zero-order chi connectivity index (χ0) is 24.9. The number of rotatable bonds is 7. The topological polar surface area (TPSA) is 90.0 Å². The third-order valence-electron chi connectivity index (χ3n) is 5.99. The summed E-state index contributed by atoms with van der Waals surface area (Å²) < 4.78 is 28.4. The fourth-order valence-electron chi connectivity index (χ4n) is 4.02. The van der Waals surface area contributed by atoms with Gasteiger partial charge in [0, 0.05) is 27.2 Å². The van der Waals surface area contributed by atoms with Crippen LogP contribution in [-0.2, 0) is 15.0 Å². The molecule has 34 heavy (non-hydrogen) atoms. The summed E-state index contributed by atoms with van der Waals surface area (Å²) in [6, 6.07) is 12.3. The van der Waals surface area contributed by atoms with E-state index in [9.17, 15) is 18.0 Å². The van der Waals surface area contributed by atoms with E-state index in [4.69, 9.17) is 0 Å². The van der Waals surface area contributed by atoms with Gasteiger partial charge in [-0.05, 0) is 56.0 Å². The Morgan fingerprint density at radius 2 is 1.62 bits per heavy atom. The number of nitrogens with zero attached hydrogens (tertiary/aromatic N) is 3.